The van der Waals surface area contributed by atoms with E-state index in [-0.39, 0.29) is 11.6 Å². The van der Waals surface area contributed by atoms with Crippen LogP contribution in [0.5, 0.6) is 0 Å². The van der Waals surface area contributed by atoms with Gasteiger partial charge >= 0.3 is 0 Å². The van der Waals surface area contributed by atoms with E-state index >= 15 is 0 Å². The van der Waals surface area contributed by atoms with Crippen LogP contribution in [0.15, 0.2) is 66.9 Å². The summed E-state index contributed by atoms with van der Waals surface area (Å²) in [4.78, 5) is 25.3. The summed E-state index contributed by atoms with van der Waals surface area (Å²) >= 11 is 0. The van der Waals surface area contributed by atoms with Crippen LogP contribution >= 0.6 is 0 Å². The number of anilines is 4. The molecular weight excluding hydrogens is 432 g/mol. The fraction of sp³-hybridized carbons (Fsp3) is 0.208. The molecule has 0 radical (unpaired) electrons. The molecule has 2 N–H and O–H groups in total. The van der Waals surface area contributed by atoms with Gasteiger partial charge in [-0.15, -0.1) is 5.10 Å². The zero-order valence-corrected chi connectivity index (χ0v) is 18.7. The van der Waals surface area contributed by atoms with E-state index in [9.17, 15) is 4.79 Å². The van der Waals surface area contributed by atoms with Crippen molar-refractivity contribution in [3.63, 3.8) is 0 Å². The number of nitrogens with zero attached hydrogens (tertiary/aromatic N) is 6. The van der Waals surface area contributed by atoms with Gasteiger partial charge in [0.2, 0.25) is 0 Å². The molecule has 10 heteroatoms. The third-order valence-electron chi connectivity index (χ3n) is 5.29. The molecule has 0 bridgehead atoms. The molecule has 0 atom stereocenters. The molecule has 34 heavy (non-hydrogen) atoms. The normalized spacial score (nSPS) is 13.5. The van der Waals surface area contributed by atoms with Crippen LogP contribution in [0.4, 0.5) is 23.0 Å². The van der Waals surface area contributed by atoms with E-state index in [2.05, 4.69) is 35.7 Å². The summed E-state index contributed by atoms with van der Waals surface area (Å²) in [7, 11) is 0. The molecule has 10 nitrogen and oxygen atoms in total. The molecule has 172 valence electrons. The van der Waals surface area contributed by atoms with Crippen molar-refractivity contribution in [3.8, 4) is 5.69 Å². The minimum absolute atomic E-state index is 0.234. The summed E-state index contributed by atoms with van der Waals surface area (Å²) in [6.07, 6.45) is 1.45. The number of nitrogens with one attached hydrogen (secondary N) is 2. The highest BCUT2D eigenvalue weighted by Crippen LogP contribution is 2.22. The molecule has 0 saturated carbocycles. The Morgan fingerprint density at radius 3 is 2.47 bits per heavy atom. The lowest BCUT2D eigenvalue weighted by atomic mass is 10.2. The van der Waals surface area contributed by atoms with E-state index in [1.165, 1.54) is 11.0 Å². The first-order valence-corrected chi connectivity index (χ1v) is 11.0. The Balaban J connectivity index is 1.23. The number of carbonyl (C=O) groups excluding carboxylic acids is 1. The molecule has 1 saturated heterocycles. The van der Waals surface area contributed by atoms with Gasteiger partial charge in [0.05, 0.1) is 25.1 Å². The molecule has 4 aromatic rings. The van der Waals surface area contributed by atoms with Crippen molar-refractivity contribution in [1.29, 1.82) is 0 Å². The maximum Gasteiger partial charge on any atom is 0.277 e. The lowest BCUT2D eigenvalue weighted by Gasteiger charge is -2.28. The third-order valence-corrected chi connectivity index (χ3v) is 5.29. The number of hydrogen-bond donors (Lipinski definition) is 2. The first-order valence-electron chi connectivity index (χ1n) is 11.0. The molecule has 3 heterocycles. The summed E-state index contributed by atoms with van der Waals surface area (Å²) in [6.45, 7) is 4.89. The third kappa shape index (κ3) is 5.02. The van der Waals surface area contributed by atoms with Gasteiger partial charge in [-0.3, -0.25) is 4.79 Å². The number of hydrogen-bond acceptors (Lipinski definition) is 8. The maximum atomic E-state index is 12.6. The number of aryl methyl sites for hydroxylation is 1. The highest BCUT2D eigenvalue weighted by molar-refractivity contribution is 6.02. The first-order chi connectivity index (χ1) is 16.6. The Labute approximate surface area is 196 Å². The Morgan fingerprint density at radius 2 is 1.71 bits per heavy atom. The molecule has 1 amide bonds. The number of aromatic nitrogens is 5. The average Bonchev–Trinajstić information content (AvgIpc) is 3.37. The highest BCUT2D eigenvalue weighted by Gasteiger charge is 2.15. The average molecular weight is 457 g/mol. The minimum atomic E-state index is -0.329. The summed E-state index contributed by atoms with van der Waals surface area (Å²) in [5, 5.41) is 14.6. The number of para-hydroxylation sites is 1. The van der Waals surface area contributed by atoms with E-state index in [1.54, 1.807) is 0 Å². The lowest BCUT2D eigenvalue weighted by molar-refractivity contribution is 0.102. The van der Waals surface area contributed by atoms with Gasteiger partial charge in [-0.25, -0.2) is 9.97 Å². The summed E-state index contributed by atoms with van der Waals surface area (Å²) < 4.78 is 5.43. The molecule has 0 unspecified atom stereocenters. The standard InChI is InChI=1S/C24H24N8O2/c1-17-26-22(15-23(27-17)31-11-13-34-14-12-31)28-18-7-9-19(10-8-18)29-24(33)21-16-25-32(30-21)20-5-3-2-4-6-20/h2-10,15-16H,11-14H2,1H3,(H,29,33)(H,26,27,28). The molecule has 1 aliphatic rings. The fourth-order valence-corrected chi connectivity index (χ4v) is 3.60. The molecule has 1 aliphatic heterocycles. The van der Waals surface area contributed by atoms with Crippen LogP contribution < -0.4 is 15.5 Å². The van der Waals surface area contributed by atoms with Crippen LogP contribution in [0.1, 0.15) is 16.3 Å². The molecular formula is C24H24N8O2. The van der Waals surface area contributed by atoms with Crippen molar-refractivity contribution >= 4 is 28.9 Å². The van der Waals surface area contributed by atoms with Crippen LogP contribution in [0.2, 0.25) is 0 Å². The number of carbonyl (C=O) groups is 1. The van der Waals surface area contributed by atoms with Crippen molar-refractivity contribution in [2.75, 3.05) is 41.8 Å². The van der Waals surface area contributed by atoms with Crippen LogP contribution in [0.3, 0.4) is 0 Å². The fourth-order valence-electron chi connectivity index (χ4n) is 3.60. The summed E-state index contributed by atoms with van der Waals surface area (Å²) in [5.41, 5.74) is 2.52. The Morgan fingerprint density at radius 1 is 0.971 bits per heavy atom. The first kappa shape index (κ1) is 21.5. The maximum absolute atomic E-state index is 12.6. The van der Waals surface area contributed by atoms with Gasteiger partial charge in [-0.05, 0) is 43.3 Å². The van der Waals surface area contributed by atoms with Crippen molar-refractivity contribution in [3.05, 3.63) is 78.4 Å². The van der Waals surface area contributed by atoms with E-state index in [4.69, 9.17) is 4.74 Å². The Hall–Kier alpha value is -4.31. The van der Waals surface area contributed by atoms with E-state index in [1.807, 2.05) is 67.6 Å². The molecule has 1 fully saturated rings. The predicted molar refractivity (Wildman–Crippen MR) is 129 cm³/mol. The second-order valence-corrected chi connectivity index (χ2v) is 7.77. The number of rotatable bonds is 6. The Kier molecular flexibility index (Phi) is 6.13. The van der Waals surface area contributed by atoms with Crippen molar-refractivity contribution in [1.82, 2.24) is 25.0 Å². The number of morpholine rings is 1. The van der Waals surface area contributed by atoms with E-state index in [0.29, 0.717) is 30.5 Å². The minimum Gasteiger partial charge on any atom is -0.378 e. The summed E-state index contributed by atoms with van der Waals surface area (Å²) in [6, 6.07) is 18.8. The van der Waals surface area contributed by atoms with Gasteiger partial charge in [-0.2, -0.15) is 9.90 Å². The van der Waals surface area contributed by atoms with Crippen LogP contribution in [-0.2, 0) is 4.74 Å². The molecule has 2 aromatic heterocycles. The van der Waals surface area contributed by atoms with Crippen molar-refractivity contribution < 1.29 is 9.53 Å². The topological polar surface area (TPSA) is 110 Å². The van der Waals surface area contributed by atoms with Crippen LogP contribution in [-0.4, -0.2) is 57.2 Å². The number of ether oxygens (including phenoxy) is 1. The monoisotopic (exact) mass is 456 g/mol. The van der Waals surface area contributed by atoms with Crippen LogP contribution in [0, 0.1) is 6.92 Å². The van der Waals surface area contributed by atoms with Crippen LogP contribution in [0.25, 0.3) is 5.69 Å². The zero-order valence-electron chi connectivity index (χ0n) is 18.7. The van der Waals surface area contributed by atoms with Gasteiger partial charge in [0, 0.05) is 30.5 Å². The smallest absolute Gasteiger partial charge is 0.277 e. The SMILES string of the molecule is Cc1nc(Nc2ccc(NC(=O)c3cnn(-c4ccccc4)n3)cc2)cc(N2CCOCC2)n1. The van der Waals surface area contributed by atoms with Crippen molar-refractivity contribution in [2.45, 2.75) is 6.92 Å². The lowest BCUT2D eigenvalue weighted by Crippen LogP contribution is -2.36. The second kappa shape index (κ2) is 9.67. The second-order valence-electron chi connectivity index (χ2n) is 7.77. The van der Waals surface area contributed by atoms with E-state index in [0.717, 1.165) is 30.3 Å². The van der Waals surface area contributed by atoms with E-state index < -0.39 is 0 Å². The summed E-state index contributed by atoms with van der Waals surface area (Å²) in [5.74, 6) is 1.96. The van der Waals surface area contributed by atoms with Gasteiger partial charge in [0.15, 0.2) is 5.69 Å². The molecule has 0 spiro atoms. The Bertz CT molecular complexity index is 1270. The predicted octanol–water partition coefficient (Wildman–Crippen LogP) is 3.20. The quantitative estimate of drug-likeness (QED) is 0.455. The molecule has 5 rings (SSSR count). The molecule has 0 aliphatic carbocycles. The largest absolute Gasteiger partial charge is 0.378 e. The highest BCUT2D eigenvalue weighted by atomic mass is 16.5. The van der Waals surface area contributed by atoms with Gasteiger partial charge < -0.3 is 20.3 Å². The van der Waals surface area contributed by atoms with Crippen molar-refractivity contribution in [2.24, 2.45) is 0 Å². The number of amides is 1. The zero-order chi connectivity index (χ0) is 23.3. The van der Waals surface area contributed by atoms with Gasteiger partial charge in [0.25, 0.3) is 5.91 Å². The molecule has 2 aromatic carbocycles. The van der Waals surface area contributed by atoms with Gasteiger partial charge in [0.1, 0.15) is 17.5 Å². The van der Waals surface area contributed by atoms with Gasteiger partial charge in [-0.1, -0.05) is 18.2 Å². The number of benzene rings is 2.